The smallest absolute Gasteiger partial charge is 0.337 e. The Morgan fingerprint density at radius 3 is 2.50 bits per heavy atom. The second kappa shape index (κ2) is 7.77. The summed E-state index contributed by atoms with van der Waals surface area (Å²) in [5.41, 5.74) is 0.735. The van der Waals surface area contributed by atoms with Crippen molar-refractivity contribution in [3.05, 3.63) is 42.2 Å². The van der Waals surface area contributed by atoms with E-state index in [9.17, 15) is 9.90 Å². The van der Waals surface area contributed by atoms with Crippen molar-refractivity contribution in [2.24, 2.45) is 0 Å². The molecule has 1 saturated carbocycles. The number of aromatic carboxylic acids is 1. The second-order valence-corrected chi connectivity index (χ2v) is 6.10. The fourth-order valence-electron chi connectivity index (χ4n) is 3.05. The van der Waals surface area contributed by atoms with Crippen molar-refractivity contribution in [1.82, 2.24) is 9.97 Å². The quantitative estimate of drug-likeness (QED) is 0.718. The molecular formula is C18H22N4O2. The highest BCUT2D eigenvalue weighted by molar-refractivity contribution is 5.95. The molecule has 0 saturated heterocycles. The van der Waals surface area contributed by atoms with Gasteiger partial charge in [-0.2, -0.15) is 0 Å². The van der Waals surface area contributed by atoms with Crippen molar-refractivity contribution < 1.29 is 9.90 Å². The first-order valence-electron chi connectivity index (χ1n) is 8.40. The van der Waals surface area contributed by atoms with Gasteiger partial charge in [0.05, 0.1) is 11.3 Å². The molecule has 1 heterocycles. The highest BCUT2D eigenvalue weighted by Gasteiger charge is 2.13. The van der Waals surface area contributed by atoms with E-state index in [0.717, 1.165) is 18.7 Å². The number of benzene rings is 1. The zero-order valence-corrected chi connectivity index (χ0v) is 13.5. The van der Waals surface area contributed by atoms with Crippen molar-refractivity contribution in [3.63, 3.8) is 0 Å². The highest BCUT2D eigenvalue weighted by atomic mass is 16.4. The van der Waals surface area contributed by atoms with Crippen LogP contribution in [0.25, 0.3) is 0 Å². The summed E-state index contributed by atoms with van der Waals surface area (Å²) in [7, 11) is 0. The van der Waals surface area contributed by atoms with Gasteiger partial charge in [-0.15, -0.1) is 0 Å². The summed E-state index contributed by atoms with van der Waals surface area (Å²) in [5, 5.41) is 15.8. The van der Waals surface area contributed by atoms with E-state index >= 15 is 0 Å². The monoisotopic (exact) mass is 326 g/mol. The molecule has 3 rings (SSSR count). The molecule has 24 heavy (non-hydrogen) atoms. The minimum absolute atomic E-state index is 0.217. The minimum Gasteiger partial charge on any atom is -0.478 e. The first kappa shape index (κ1) is 16.2. The molecule has 126 valence electrons. The van der Waals surface area contributed by atoms with Crippen LogP contribution >= 0.6 is 0 Å². The number of nitrogens with one attached hydrogen (secondary N) is 2. The first-order valence-corrected chi connectivity index (χ1v) is 8.40. The van der Waals surface area contributed by atoms with Gasteiger partial charge in [-0.05, 0) is 25.0 Å². The van der Waals surface area contributed by atoms with Crippen LogP contribution < -0.4 is 10.6 Å². The molecule has 0 atom stereocenters. The number of aromatic nitrogens is 2. The normalized spacial score (nSPS) is 15.5. The van der Waals surface area contributed by atoms with E-state index in [1.165, 1.54) is 32.0 Å². The van der Waals surface area contributed by atoms with Crippen molar-refractivity contribution >= 4 is 23.3 Å². The summed E-state index contributed by atoms with van der Waals surface area (Å²) in [4.78, 5) is 19.8. The SMILES string of the molecule is O=C(O)c1ccccc1Nc1cc(NC2CCCCCC2)ncn1. The summed E-state index contributed by atoms with van der Waals surface area (Å²) in [5.74, 6) is 0.381. The van der Waals surface area contributed by atoms with Crippen LogP contribution in [0.4, 0.5) is 17.3 Å². The van der Waals surface area contributed by atoms with Crippen LogP contribution in [0.15, 0.2) is 36.7 Å². The van der Waals surface area contributed by atoms with Gasteiger partial charge < -0.3 is 15.7 Å². The highest BCUT2D eigenvalue weighted by Crippen LogP contribution is 2.23. The van der Waals surface area contributed by atoms with Gasteiger partial charge in [0.15, 0.2) is 0 Å². The Labute approximate surface area is 141 Å². The Morgan fingerprint density at radius 1 is 1.04 bits per heavy atom. The lowest BCUT2D eigenvalue weighted by Crippen LogP contribution is -2.19. The van der Waals surface area contributed by atoms with E-state index in [-0.39, 0.29) is 5.56 Å². The molecule has 0 unspecified atom stereocenters. The number of carboxylic acids is 1. The Hall–Kier alpha value is -2.63. The van der Waals surface area contributed by atoms with Crippen molar-refractivity contribution in [2.45, 2.75) is 44.6 Å². The number of carboxylic acid groups (broad SMARTS) is 1. The van der Waals surface area contributed by atoms with E-state index in [0.29, 0.717) is 17.5 Å². The zero-order valence-electron chi connectivity index (χ0n) is 13.5. The van der Waals surface area contributed by atoms with Crippen LogP contribution in [0.1, 0.15) is 48.9 Å². The molecule has 0 bridgehead atoms. The maximum atomic E-state index is 11.3. The van der Waals surface area contributed by atoms with Crippen molar-refractivity contribution in [2.75, 3.05) is 10.6 Å². The molecule has 3 N–H and O–H groups in total. The summed E-state index contributed by atoms with van der Waals surface area (Å²) in [6.07, 6.45) is 8.93. The van der Waals surface area contributed by atoms with Gasteiger partial charge in [0.2, 0.25) is 0 Å². The Balaban J connectivity index is 1.72. The average Bonchev–Trinajstić information content (AvgIpc) is 2.84. The third-order valence-corrected chi connectivity index (χ3v) is 4.29. The van der Waals surface area contributed by atoms with E-state index in [1.54, 1.807) is 24.3 Å². The van der Waals surface area contributed by atoms with Gasteiger partial charge in [0.25, 0.3) is 0 Å². The van der Waals surface area contributed by atoms with E-state index in [2.05, 4.69) is 20.6 Å². The van der Waals surface area contributed by atoms with Gasteiger partial charge in [-0.25, -0.2) is 14.8 Å². The Bertz CT molecular complexity index is 697. The van der Waals surface area contributed by atoms with Crippen LogP contribution in [0.3, 0.4) is 0 Å². The number of anilines is 3. The summed E-state index contributed by atoms with van der Waals surface area (Å²) >= 11 is 0. The molecule has 1 fully saturated rings. The average molecular weight is 326 g/mol. The van der Waals surface area contributed by atoms with Crippen LogP contribution in [0, 0.1) is 0 Å². The van der Waals surface area contributed by atoms with Crippen molar-refractivity contribution in [1.29, 1.82) is 0 Å². The molecular weight excluding hydrogens is 304 g/mol. The number of rotatable bonds is 5. The van der Waals surface area contributed by atoms with Gasteiger partial charge in [-0.1, -0.05) is 37.8 Å². The number of para-hydroxylation sites is 1. The predicted molar refractivity (Wildman–Crippen MR) is 93.8 cm³/mol. The lowest BCUT2D eigenvalue weighted by atomic mass is 10.1. The Morgan fingerprint density at radius 2 is 1.75 bits per heavy atom. The molecule has 0 amide bonds. The molecule has 1 aliphatic carbocycles. The van der Waals surface area contributed by atoms with Crippen LogP contribution in [-0.4, -0.2) is 27.1 Å². The molecule has 1 aromatic carbocycles. The zero-order chi connectivity index (χ0) is 16.8. The first-order chi connectivity index (χ1) is 11.7. The minimum atomic E-state index is -0.969. The predicted octanol–water partition coefficient (Wildman–Crippen LogP) is 4.05. The van der Waals surface area contributed by atoms with E-state index in [1.807, 2.05) is 6.07 Å². The number of hydrogen-bond donors (Lipinski definition) is 3. The lowest BCUT2D eigenvalue weighted by Gasteiger charge is -2.17. The number of hydrogen-bond acceptors (Lipinski definition) is 5. The van der Waals surface area contributed by atoms with Gasteiger partial charge in [-0.3, -0.25) is 0 Å². The van der Waals surface area contributed by atoms with E-state index < -0.39 is 5.97 Å². The van der Waals surface area contributed by atoms with Crippen LogP contribution in [0.5, 0.6) is 0 Å². The van der Waals surface area contributed by atoms with Crippen LogP contribution in [-0.2, 0) is 0 Å². The maximum absolute atomic E-state index is 11.3. The summed E-state index contributed by atoms with van der Waals surface area (Å²) in [6, 6.07) is 9.06. The molecule has 2 aromatic rings. The van der Waals surface area contributed by atoms with Gasteiger partial charge >= 0.3 is 5.97 Å². The fraction of sp³-hybridized carbons (Fsp3) is 0.389. The topological polar surface area (TPSA) is 87.1 Å². The molecule has 0 spiro atoms. The lowest BCUT2D eigenvalue weighted by molar-refractivity contribution is 0.0698. The summed E-state index contributed by atoms with van der Waals surface area (Å²) in [6.45, 7) is 0. The Kier molecular flexibility index (Phi) is 5.25. The van der Waals surface area contributed by atoms with Gasteiger partial charge in [0.1, 0.15) is 18.0 Å². The number of carbonyl (C=O) groups is 1. The maximum Gasteiger partial charge on any atom is 0.337 e. The second-order valence-electron chi connectivity index (χ2n) is 6.10. The number of nitrogens with zero attached hydrogens (tertiary/aromatic N) is 2. The molecule has 1 aliphatic rings. The molecule has 6 nitrogen and oxygen atoms in total. The third kappa shape index (κ3) is 4.22. The van der Waals surface area contributed by atoms with Crippen molar-refractivity contribution in [3.8, 4) is 0 Å². The molecule has 1 aromatic heterocycles. The summed E-state index contributed by atoms with van der Waals surface area (Å²) < 4.78 is 0. The standard InChI is InChI=1S/C18H22N4O2/c23-18(24)14-9-5-6-10-15(14)22-17-11-16(19-12-20-17)21-13-7-3-1-2-4-8-13/h5-6,9-13H,1-4,7-8H2,(H,23,24)(H2,19,20,21,22). The molecule has 6 heteroatoms. The molecule has 0 radical (unpaired) electrons. The third-order valence-electron chi connectivity index (χ3n) is 4.29. The van der Waals surface area contributed by atoms with Crippen LogP contribution in [0.2, 0.25) is 0 Å². The van der Waals surface area contributed by atoms with E-state index in [4.69, 9.17) is 0 Å². The molecule has 0 aliphatic heterocycles. The fourth-order valence-corrected chi connectivity index (χ4v) is 3.05. The van der Waals surface area contributed by atoms with Gasteiger partial charge in [0, 0.05) is 12.1 Å². The largest absolute Gasteiger partial charge is 0.478 e.